The minimum atomic E-state index is -0.113. The molecular weight excluding hydrogens is 352 g/mol. The molecule has 6 nitrogen and oxygen atoms in total. The minimum absolute atomic E-state index is 0.0142. The van der Waals surface area contributed by atoms with Crippen molar-refractivity contribution in [2.24, 2.45) is 0 Å². The Hall–Kier alpha value is -2.70. The summed E-state index contributed by atoms with van der Waals surface area (Å²) >= 11 is 0. The van der Waals surface area contributed by atoms with Gasteiger partial charge in [0.05, 0.1) is 6.54 Å². The molecule has 2 aromatic carbocycles. The molecule has 1 aliphatic heterocycles. The van der Waals surface area contributed by atoms with Crippen molar-refractivity contribution in [3.05, 3.63) is 59.7 Å². The number of hydrogen-bond acceptors (Lipinski definition) is 4. The molecule has 2 amide bonds. The lowest BCUT2D eigenvalue weighted by atomic mass is 10.1. The van der Waals surface area contributed by atoms with Crippen molar-refractivity contribution in [2.75, 3.05) is 43.4 Å². The lowest BCUT2D eigenvalue weighted by Crippen LogP contribution is -2.48. The fourth-order valence-corrected chi connectivity index (χ4v) is 3.38. The number of anilines is 2. The van der Waals surface area contributed by atoms with Crippen molar-refractivity contribution in [3.8, 4) is 0 Å². The van der Waals surface area contributed by atoms with Crippen LogP contribution in [0.2, 0.25) is 0 Å². The Balaban J connectivity index is 1.42. The van der Waals surface area contributed by atoms with Gasteiger partial charge in [-0.2, -0.15) is 0 Å². The van der Waals surface area contributed by atoms with Gasteiger partial charge in [0.15, 0.2) is 0 Å². The molecule has 1 aliphatic rings. The van der Waals surface area contributed by atoms with Crippen LogP contribution in [0, 0.1) is 6.92 Å². The first-order valence-corrected chi connectivity index (χ1v) is 9.66. The second-order valence-electron chi connectivity index (χ2n) is 7.29. The minimum Gasteiger partial charge on any atom is -0.326 e. The Kier molecular flexibility index (Phi) is 6.79. The standard InChI is InChI=1S/C22H28N4O2/c1-17-5-3-4-6-19(17)15-25-11-13-26(14-12-25)16-22(28)24-21-9-7-20(8-10-21)23-18(2)27/h3-10H,11-16H2,1-2H3,(H,23,27)(H,24,28). The molecule has 28 heavy (non-hydrogen) atoms. The van der Waals surface area contributed by atoms with Crippen LogP contribution in [-0.2, 0) is 16.1 Å². The largest absolute Gasteiger partial charge is 0.326 e. The molecule has 1 heterocycles. The Bertz CT molecular complexity index is 812. The normalized spacial score (nSPS) is 15.2. The smallest absolute Gasteiger partial charge is 0.238 e. The van der Waals surface area contributed by atoms with Gasteiger partial charge in [0.2, 0.25) is 11.8 Å². The zero-order valence-corrected chi connectivity index (χ0v) is 16.6. The Morgan fingerprint density at radius 2 is 1.43 bits per heavy atom. The predicted octanol–water partition coefficient (Wildman–Crippen LogP) is 2.71. The molecule has 0 aliphatic carbocycles. The van der Waals surface area contributed by atoms with Crippen LogP contribution in [0.1, 0.15) is 18.1 Å². The third-order valence-electron chi connectivity index (χ3n) is 4.98. The summed E-state index contributed by atoms with van der Waals surface area (Å²) in [7, 11) is 0. The van der Waals surface area contributed by atoms with Crippen LogP contribution in [0.3, 0.4) is 0 Å². The highest BCUT2D eigenvalue weighted by Gasteiger charge is 2.19. The molecule has 0 saturated carbocycles. The molecule has 2 N–H and O–H groups in total. The van der Waals surface area contributed by atoms with Gasteiger partial charge in [-0.3, -0.25) is 19.4 Å². The average Bonchev–Trinajstić information content (AvgIpc) is 2.66. The topological polar surface area (TPSA) is 64.7 Å². The van der Waals surface area contributed by atoms with Crippen molar-refractivity contribution in [1.29, 1.82) is 0 Å². The lowest BCUT2D eigenvalue weighted by Gasteiger charge is -2.34. The van der Waals surface area contributed by atoms with E-state index < -0.39 is 0 Å². The number of benzene rings is 2. The van der Waals surface area contributed by atoms with Crippen LogP contribution in [0.15, 0.2) is 48.5 Å². The first-order chi connectivity index (χ1) is 13.5. The SMILES string of the molecule is CC(=O)Nc1ccc(NC(=O)CN2CCN(Cc3ccccc3C)CC2)cc1. The Labute approximate surface area is 166 Å². The van der Waals surface area contributed by atoms with Crippen LogP contribution in [0.5, 0.6) is 0 Å². The van der Waals surface area contributed by atoms with Crippen molar-refractivity contribution < 1.29 is 9.59 Å². The predicted molar refractivity (Wildman–Crippen MR) is 112 cm³/mol. The lowest BCUT2D eigenvalue weighted by molar-refractivity contribution is -0.117. The third-order valence-corrected chi connectivity index (χ3v) is 4.98. The van der Waals surface area contributed by atoms with E-state index >= 15 is 0 Å². The number of piperazine rings is 1. The Morgan fingerprint density at radius 3 is 2.04 bits per heavy atom. The highest BCUT2D eigenvalue weighted by molar-refractivity contribution is 5.93. The van der Waals surface area contributed by atoms with Gasteiger partial charge >= 0.3 is 0 Å². The molecule has 148 valence electrons. The molecule has 0 spiro atoms. The summed E-state index contributed by atoms with van der Waals surface area (Å²) in [4.78, 5) is 28.0. The number of aryl methyl sites for hydroxylation is 1. The van der Waals surface area contributed by atoms with E-state index in [1.54, 1.807) is 24.3 Å². The number of amides is 2. The molecule has 1 fully saturated rings. The average molecular weight is 380 g/mol. The first-order valence-electron chi connectivity index (χ1n) is 9.66. The number of carbonyl (C=O) groups excluding carboxylic acids is 2. The molecule has 6 heteroatoms. The maximum absolute atomic E-state index is 12.3. The van der Waals surface area contributed by atoms with Crippen LogP contribution in [-0.4, -0.2) is 54.3 Å². The Morgan fingerprint density at radius 1 is 0.857 bits per heavy atom. The molecule has 0 unspecified atom stereocenters. The molecule has 0 bridgehead atoms. The summed E-state index contributed by atoms with van der Waals surface area (Å²) in [6, 6.07) is 15.6. The van der Waals surface area contributed by atoms with Crippen LogP contribution >= 0.6 is 0 Å². The highest BCUT2D eigenvalue weighted by atomic mass is 16.2. The van der Waals surface area contributed by atoms with Crippen molar-refractivity contribution in [2.45, 2.75) is 20.4 Å². The highest BCUT2D eigenvalue weighted by Crippen LogP contribution is 2.15. The monoisotopic (exact) mass is 380 g/mol. The molecule has 0 aromatic heterocycles. The van der Waals surface area contributed by atoms with Crippen LogP contribution < -0.4 is 10.6 Å². The van der Waals surface area contributed by atoms with E-state index in [-0.39, 0.29) is 11.8 Å². The summed E-state index contributed by atoms with van der Waals surface area (Å²) in [5.74, 6) is -0.127. The van der Waals surface area contributed by atoms with Crippen LogP contribution in [0.25, 0.3) is 0 Å². The summed E-state index contributed by atoms with van der Waals surface area (Å²) in [6.07, 6.45) is 0. The molecule has 3 rings (SSSR count). The maximum Gasteiger partial charge on any atom is 0.238 e. The maximum atomic E-state index is 12.3. The van der Waals surface area contributed by atoms with E-state index in [1.165, 1.54) is 18.1 Å². The fourth-order valence-electron chi connectivity index (χ4n) is 3.38. The van der Waals surface area contributed by atoms with Crippen molar-refractivity contribution in [3.63, 3.8) is 0 Å². The number of rotatable bonds is 6. The summed E-state index contributed by atoms with van der Waals surface area (Å²) in [5.41, 5.74) is 4.15. The van der Waals surface area contributed by atoms with E-state index in [0.717, 1.165) is 44.1 Å². The third kappa shape index (κ3) is 5.90. The van der Waals surface area contributed by atoms with Gasteiger partial charge in [-0.15, -0.1) is 0 Å². The van der Waals surface area contributed by atoms with E-state index in [0.29, 0.717) is 6.54 Å². The summed E-state index contributed by atoms with van der Waals surface area (Å²) in [5, 5.41) is 5.63. The zero-order chi connectivity index (χ0) is 19.9. The zero-order valence-electron chi connectivity index (χ0n) is 16.6. The van der Waals surface area contributed by atoms with Gasteiger partial charge in [0.1, 0.15) is 0 Å². The quantitative estimate of drug-likeness (QED) is 0.809. The van der Waals surface area contributed by atoms with E-state index in [2.05, 4.69) is 51.6 Å². The molecule has 2 aromatic rings. The van der Waals surface area contributed by atoms with Crippen LogP contribution in [0.4, 0.5) is 11.4 Å². The van der Waals surface area contributed by atoms with Gasteiger partial charge in [0.25, 0.3) is 0 Å². The van der Waals surface area contributed by atoms with Crippen molar-refractivity contribution >= 4 is 23.2 Å². The van der Waals surface area contributed by atoms with Gasteiger partial charge in [-0.25, -0.2) is 0 Å². The van der Waals surface area contributed by atoms with Crippen molar-refractivity contribution in [1.82, 2.24) is 9.80 Å². The molecule has 0 atom stereocenters. The van der Waals surface area contributed by atoms with Gasteiger partial charge in [0, 0.05) is 51.0 Å². The number of nitrogens with zero attached hydrogens (tertiary/aromatic N) is 2. The summed E-state index contributed by atoms with van der Waals surface area (Å²) in [6.45, 7) is 8.69. The first kappa shape index (κ1) is 20.0. The van der Waals surface area contributed by atoms with Gasteiger partial charge < -0.3 is 10.6 Å². The van der Waals surface area contributed by atoms with Gasteiger partial charge in [-0.05, 0) is 42.3 Å². The van der Waals surface area contributed by atoms with E-state index in [4.69, 9.17) is 0 Å². The van der Waals surface area contributed by atoms with Gasteiger partial charge in [-0.1, -0.05) is 24.3 Å². The number of carbonyl (C=O) groups is 2. The summed E-state index contributed by atoms with van der Waals surface area (Å²) < 4.78 is 0. The second-order valence-corrected chi connectivity index (χ2v) is 7.29. The number of hydrogen-bond donors (Lipinski definition) is 2. The fraction of sp³-hybridized carbons (Fsp3) is 0.364. The second kappa shape index (κ2) is 9.48. The van der Waals surface area contributed by atoms with E-state index in [1.807, 2.05) is 0 Å². The van der Waals surface area contributed by atoms with E-state index in [9.17, 15) is 9.59 Å². The molecule has 0 radical (unpaired) electrons. The number of nitrogens with one attached hydrogen (secondary N) is 2. The molecular formula is C22H28N4O2. The molecule has 1 saturated heterocycles.